The van der Waals surface area contributed by atoms with Gasteiger partial charge in [0.2, 0.25) is 11.0 Å². The zero-order valence-corrected chi connectivity index (χ0v) is 17.7. The molecule has 3 rings (SSSR count). The van der Waals surface area contributed by atoms with E-state index >= 15 is 0 Å². The number of nitrogens with zero attached hydrogens (tertiary/aromatic N) is 3. The predicted molar refractivity (Wildman–Crippen MR) is 114 cm³/mol. The van der Waals surface area contributed by atoms with Gasteiger partial charge in [0.15, 0.2) is 4.34 Å². The molecule has 0 aliphatic heterocycles. The number of benzene rings is 2. The summed E-state index contributed by atoms with van der Waals surface area (Å²) in [4.78, 5) is 14.2. The second kappa shape index (κ2) is 10.2. The van der Waals surface area contributed by atoms with Gasteiger partial charge in [-0.05, 0) is 36.8 Å². The van der Waals surface area contributed by atoms with Gasteiger partial charge in [-0.1, -0.05) is 41.3 Å². The van der Waals surface area contributed by atoms with E-state index in [2.05, 4.69) is 15.5 Å². The third-order valence-electron chi connectivity index (χ3n) is 4.04. The van der Waals surface area contributed by atoms with E-state index in [9.17, 15) is 9.18 Å². The molecular weight excluding hydrogens is 411 g/mol. The molecule has 0 fully saturated rings. The third-order valence-corrected chi connectivity index (χ3v) is 6.00. The fourth-order valence-electron chi connectivity index (χ4n) is 2.59. The number of methoxy groups -OCH3 is 1. The molecule has 0 spiro atoms. The minimum absolute atomic E-state index is 0.0285. The molecule has 1 heterocycles. The number of amides is 1. The maximum atomic E-state index is 13.4. The topological polar surface area (TPSA) is 67.4 Å². The minimum atomic E-state index is -0.301. The van der Waals surface area contributed by atoms with Gasteiger partial charge in [0.1, 0.15) is 11.6 Å². The number of hydrogen-bond acceptors (Lipinski definition) is 7. The molecule has 0 unspecified atom stereocenters. The summed E-state index contributed by atoms with van der Waals surface area (Å²) in [6, 6.07) is 13.8. The van der Waals surface area contributed by atoms with Gasteiger partial charge < -0.3 is 15.0 Å². The van der Waals surface area contributed by atoms with Crippen LogP contribution < -0.4 is 10.1 Å². The van der Waals surface area contributed by atoms with Crippen LogP contribution in [-0.2, 0) is 11.3 Å². The molecule has 0 radical (unpaired) electrons. The first-order valence-corrected chi connectivity index (χ1v) is 10.8. The quantitative estimate of drug-likeness (QED) is 0.500. The molecule has 9 heteroatoms. The van der Waals surface area contributed by atoms with Crippen molar-refractivity contribution in [2.45, 2.75) is 17.8 Å². The average Bonchev–Trinajstić information content (AvgIpc) is 3.17. The standard InChI is InChI=1S/C20H21FN4O2S2/c1-3-25(12-14-6-4-7-15(21)10-14)18(26)13-28-20-24-23-19(29-20)22-16-8-5-9-17(11-16)27-2/h4-11H,3,12-13H2,1-2H3,(H,22,23). The molecule has 1 amide bonds. The fourth-order valence-corrected chi connectivity index (χ4v) is 4.26. The van der Waals surface area contributed by atoms with E-state index in [0.29, 0.717) is 22.6 Å². The van der Waals surface area contributed by atoms with Crippen LogP contribution in [0, 0.1) is 5.82 Å². The summed E-state index contributed by atoms with van der Waals surface area (Å²) in [5.74, 6) is 0.666. The smallest absolute Gasteiger partial charge is 0.233 e. The molecule has 6 nitrogen and oxygen atoms in total. The number of hydrogen-bond donors (Lipinski definition) is 1. The van der Waals surface area contributed by atoms with Crippen LogP contribution in [0.25, 0.3) is 0 Å². The number of carbonyl (C=O) groups is 1. The van der Waals surface area contributed by atoms with Crippen LogP contribution in [-0.4, -0.2) is 40.4 Å². The van der Waals surface area contributed by atoms with Gasteiger partial charge >= 0.3 is 0 Å². The molecule has 29 heavy (non-hydrogen) atoms. The van der Waals surface area contributed by atoms with Gasteiger partial charge in [-0.3, -0.25) is 4.79 Å². The highest BCUT2D eigenvalue weighted by molar-refractivity contribution is 8.01. The molecule has 1 N–H and O–H groups in total. The zero-order valence-electron chi connectivity index (χ0n) is 16.1. The van der Waals surface area contributed by atoms with Crippen molar-refractivity contribution in [3.63, 3.8) is 0 Å². The second-order valence-electron chi connectivity index (χ2n) is 6.06. The third kappa shape index (κ3) is 6.16. The highest BCUT2D eigenvalue weighted by Crippen LogP contribution is 2.29. The lowest BCUT2D eigenvalue weighted by atomic mass is 10.2. The first kappa shape index (κ1) is 21.1. The molecule has 152 valence electrons. The molecular formula is C20H21FN4O2S2. The normalized spacial score (nSPS) is 10.6. The summed E-state index contributed by atoms with van der Waals surface area (Å²) in [5, 5.41) is 12.1. The molecule has 0 saturated heterocycles. The van der Waals surface area contributed by atoms with Gasteiger partial charge in [-0.2, -0.15) is 0 Å². The number of rotatable bonds is 9. The lowest BCUT2D eigenvalue weighted by Gasteiger charge is -2.20. The summed E-state index contributed by atoms with van der Waals surface area (Å²) < 4.78 is 19.3. The fraction of sp³-hybridized carbons (Fsp3) is 0.250. The summed E-state index contributed by atoms with van der Waals surface area (Å²) in [6.07, 6.45) is 0. The first-order chi connectivity index (χ1) is 14.1. The number of carbonyl (C=O) groups excluding carboxylic acids is 1. The summed E-state index contributed by atoms with van der Waals surface area (Å²) >= 11 is 2.72. The highest BCUT2D eigenvalue weighted by Gasteiger charge is 2.15. The summed E-state index contributed by atoms with van der Waals surface area (Å²) in [7, 11) is 1.61. The Hall–Kier alpha value is -2.65. The predicted octanol–water partition coefficient (Wildman–Crippen LogP) is 4.57. The van der Waals surface area contributed by atoms with Gasteiger partial charge in [0, 0.05) is 24.8 Å². The van der Waals surface area contributed by atoms with Crippen molar-refractivity contribution in [3.05, 3.63) is 59.9 Å². The maximum absolute atomic E-state index is 13.4. The van der Waals surface area contributed by atoms with Crippen LogP contribution in [0.5, 0.6) is 5.75 Å². The Morgan fingerprint density at radius 3 is 2.83 bits per heavy atom. The van der Waals surface area contributed by atoms with Crippen LogP contribution in [0.4, 0.5) is 15.2 Å². The van der Waals surface area contributed by atoms with E-state index < -0.39 is 0 Å². The number of ether oxygens (including phenoxy) is 1. The molecule has 0 saturated carbocycles. The van der Waals surface area contributed by atoms with Gasteiger partial charge in [-0.25, -0.2) is 4.39 Å². The Kier molecular flexibility index (Phi) is 7.42. The second-order valence-corrected chi connectivity index (χ2v) is 8.26. The number of nitrogens with one attached hydrogen (secondary N) is 1. The molecule has 3 aromatic rings. The molecule has 0 aliphatic carbocycles. The van der Waals surface area contributed by atoms with Gasteiger partial charge in [-0.15, -0.1) is 10.2 Å². The van der Waals surface area contributed by atoms with E-state index in [1.54, 1.807) is 18.1 Å². The van der Waals surface area contributed by atoms with Crippen molar-refractivity contribution in [3.8, 4) is 5.75 Å². The molecule has 1 aromatic heterocycles. The lowest BCUT2D eigenvalue weighted by molar-refractivity contribution is -0.128. The van der Waals surface area contributed by atoms with Crippen molar-refractivity contribution in [2.75, 3.05) is 24.7 Å². The molecule has 0 bridgehead atoms. The van der Waals surface area contributed by atoms with Crippen LogP contribution in [0.3, 0.4) is 0 Å². The number of thioether (sulfide) groups is 1. The zero-order chi connectivity index (χ0) is 20.6. The van der Waals surface area contributed by atoms with Crippen LogP contribution in [0.15, 0.2) is 52.9 Å². The van der Waals surface area contributed by atoms with Crippen molar-refractivity contribution in [1.29, 1.82) is 0 Å². The number of aromatic nitrogens is 2. The summed E-state index contributed by atoms with van der Waals surface area (Å²) in [5.41, 5.74) is 1.62. The van der Waals surface area contributed by atoms with E-state index in [1.165, 1.54) is 35.2 Å². The highest BCUT2D eigenvalue weighted by atomic mass is 32.2. The summed E-state index contributed by atoms with van der Waals surface area (Å²) in [6.45, 7) is 2.84. The number of anilines is 2. The van der Waals surface area contributed by atoms with E-state index in [4.69, 9.17) is 4.74 Å². The van der Waals surface area contributed by atoms with E-state index in [0.717, 1.165) is 17.0 Å². The van der Waals surface area contributed by atoms with Crippen molar-refractivity contribution < 1.29 is 13.9 Å². The Labute approximate surface area is 177 Å². The number of halogens is 1. The van der Waals surface area contributed by atoms with E-state index in [1.807, 2.05) is 37.3 Å². The Balaban J connectivity index is 1.54. The molecule has 0 atom stereocenters. The SMILES string of the molecule is CCN(Cc1cccc(F)c1)C(=O)CSc1nnc(Nc2cccc(OC)c2)s1. The van der Waals surface area contributed by atoms with Gasteiger partial charge in [0.25, 0.3) is 0 Å². The average molecular weight is 433 g/mol. The Bertz CT molecular complexity index is 967. The first-order valence-electron chi connectivity index (χ1n) is 8.97. The Morgan fingerprint density at radius 1 is 1.24 bits per heavy atom. The minimum Gasteiger partial charge on any atom is -0.497 e. The molecule has 0 aliphatic rings. The van der Waals surface area contributed by atoms with Crippen LogP contribution >= 0.6 is 23.1 Å². The maximum Gasteiger partial charge on any atom is 0.233 e. The van der Waals surface area contributed by atoms with Gasteiger partial charge in [0.05, 0.1) is 12.9 Å². The largest absolute Gasteiger partial charge is 0.497 e. The van der Waals surface area contributed by atoms with E-state index in [-0.39, 0.29) is 17.5 Å². The van der Waals surface area contributed by atoms with Crippen molar-refractivity contribution in [1.82, 2.24) is 15.1 Å². The molecule has 2 aromatic carbocycles. The van der Waals surface area contributed by atoms with Crippen molar-refractivity contribution >= 4 is 39.8 Å². The van der Waals surface area contributed by atoms with Crippen LogP contribution in [0.2, 0.25) is 0 Å². The van der Waals surface area contributed by atoms with Crippen LogP contribution in [0.1, 0.15) is 12.5 Å². The van der Waals surface area contributed by atoms with Crippen molar-refractivity contribution in [2.24, 2.45) is 0 Å². The lowest BCUT2D eigenvalue weighted by Crippen LogP contribution is -2.31. The Morgan fingerprint density at radius 2 is 2.07 bits per heavy atom. The monoisotopic (exact) mass is 432 g/mol.